The van der Waals surface area contributed by atoms with Gasteiger partial charge in [-0.1, -0.05) is 11.6 Å². The van der Waals surface area contributed by atoms with E-state index in [0.29, 0.717) is 10.6 Å². The van der Waals surface area contributed by atoms with E-state index in [9.17, 15) is 0 Å². The van der Waals surface area contributed by atoms with Crippen LogP contribution in [0.25, 0.3) is 0 Å². The van der Waals surface area contributed by atoms with E-state index in [4.69, 9.17) is 16.9 Å². The maximum Gasteiger partial charge on any atom is 0.101 e. The molecule has 5 heteroatoms. The second kappa shape index (κ2) is 5.91. The van der Waals surface area contributed by atoms with Crippen LogP contribution in [0.3, 0.4) is 0 Å². The van der Waals surface area contributed by atoms with Crippen LogP contribution in [-0.2, 0) is 0 Å². The zero-order valence-corrected chi connectivity index (χ0v) is 13.5. The van der Waals surface area contributed by atoms with Gasteiger partial charge < -0.3 is 5.32 Å². The molecule has 0 fully saturated rings. The Morgan fingerprint density at radius 1 is 1.17 bits per heavy atom. The fraction of sp³-hybridized carbons (Fsp3) is 0. The summed E-state index contributed by atoms with van der Waals surface area (Å²) < 4.78 is 2.18. The van der Waals surface area contributed by atoms with Crippen molar-refractivity contribution < 1.29 is 0 Å². The quantitative estimate of drug-likeness (QED) is 0.651. The first-order valence-electron chi connectivity index (χ1n) is 5.02. The van der Waals surface area contributed by atoms with Crippen LogP contribution in [0.2, 0.25) is 5.02 Å². The summed E-state index contributed by atoms with van der Waals surface area (Å²) in [6.07, 6.45) is 0. The molecule has 0 unspecified atom stereocenters. The first-order valence-corrected chi connectivity index (χ1v) is 7.27. The fourth-order valence-corrected chi connectivity index (χ4v) is 2.41. The molecular formula is C13H7BrClIN2. The van der Waals surface area contributed by atoms with Crippen molar-refractivity contribution >= 4 is 61.5 Å². The van der Waals surface area contributed by atoms with Crippen LogP contribution in [0.1, 0.15) is 5.56 Å². The molecule has 0 aliphatic rings. The molecule has 0 saturated carbocycles. The molecule has 0 heterocycles. The largest absolute Gasteiger partial charge is 0.355 e. The summed E-state index contributed by atoms with van der Waals surface area (Å²) in [5.41, 5.74) is 2.31. The number of nitrogens with one attached hydrogen (secondary N) is 1. The van der Waals surface area contributed by atoms with E-state index in [0.717, 1.165) is 19.4 Å². The molecule has 2 aromatic carbocycles. The minimum atomic E-state index is 0.453. The number of nitrogens with zero attached hydrogens (tertiary/aromatic N) is 1. The predicted octanol–water partition coefficient (Wildman–Crippen LogP) is 5.32. The van der Waals surface area contributed by atoms with Gasteiger partial charge >= 0.3 is 0 Å². The molecule has 2 aromatic rings. The molecule has 1 N–H and O–H groups in total. The molecule has 90 valence electrons. The van der Waals surface area contributed by atoms with Crippen LogP contribution in [0, 0.1) is 14.9 Å². The second-order valence-electron chi connectivity index (χ2n) is 3.56. The number of nitriles is 1. The highest BCUT2D eigenvalue weighted by molar-refractivity contribution is 14.1. The number of anilines is 2. The molecule has 0 aliphatic carbocycles. The summed E-state index contributed by atoms with van der Waals surface area (Å²) in [7, 11) is 0. The number of rotatable bonds is 2. The van der Waals surface area contributed by atoms with Crippen molar-refractivity contribution in [3.05, 3.63) is 55.0 Å². The molecule has 0 spiro atoms. The van der Waals surface area contributed by atoms with Gasteiger partial charge in [0.05, 0.1) is 10.6 Å². The molecule has 0 amide bonds. The maximum absolute atomic E-state index is 8.80. The van der Waals surface area contributed by atoms with Gasteiger partial charge in [0.1, 0.15) is 6.07 Å². The van der Waals surface area contributed by atoms with Crippen molar-refractivity contribution in [2.24, 2.45) is 0 Å². The highest BCUT2D eigenvalue weighted by Gasteiger charge is 2.03. The van der Waals surface area contributed by atoms with Crippen molar-refractivity contribution in [2.75, 3.05) is 5.32 Å². The lowest BCUT2D eigenvalue weighted by atomic mass is 10.2. The highest BCUT2D eigenvalue weighted by Crippen LogP contribution is 2.26. The van der Waals surface area contributed by atoms with Crippen LogP contribution in [0.4, 0.5) is 11.4 Å². The third-order valence-electron chi connectivity index (χ3n) is 2.30. The Morgan fingerprint density at radius 2 is 1.83 bits per heavy atom. The summed E-state index contributed by atoms with van der Waals surface area (Å²) in [6, 6.07) is 13.3. The van der Waals surface area contributed by atoms with Crippen molar-refractivity contribution in [3.63, 3.8) is 0 Å². The molecule has 0 saturated heterocycles. The van der Waals surface area contributed by atoms with E-state index in [2.05, 4.69) is 43.8 Å². The highest BCUT2D eigenvalue weighted by atomic mass is 127. The predicted molar refractivity (Wildman–Crippen MR) is 86.3 cm³/mol. The summed E-state index contributed by atoms with van der Waals surface area (Å²) >= 11 is 11.7. The van der Waals surface area contributed by atoms with Gasteiger partial charge in [0.2, 0.25) is 0 Å². The van der Waals surface area contributed by atoms with E-state index in [-0.39, 0.29) is 0 Å². The van der Waals surface area contributed by atoms with Gasteiger partial charge in [-0.05, 0) is 74.9 Å². The Bertz CT molecular complexity index is 637. The lowest BCUT2D eigenvalue weighted by molar-refractivity contribution is 1.47. The van der Waals surface area contributed by atoms with Crippen LogP contribution in [0.5, 0.6) is 0 Å². The number of hydrogen-bond donors (Lipinski definition) is 1. The third kappa shape index (κ3) is 3.16. The minimum Gasteiger partial charge on any atom is -0.355 e. The summed E-state index contributed by atoms with van der Waals surface area (Å²) in [5.74, 6) is 0. The molecule has 2 nitrogen and oxygen atoms in total. The Morgan fingerprint density at radius 3 is 2.44 bits per heavy atom. The molecule has 18 heavy (non-hydrogen) atoms. The molecule has 0 aromatic heterocycles. The summed E-state index contributed by atoms with van der Waals surface area (Å²) in [5, 5.41) is 12.5. The standard InChI is InChI=1S/C13H7BrClIN2/c14-11-4-3-10(6-13(11)16)18-9-2-1-8(7-17)12(15)5-9/h1-6,18H. The first kappa shape index (κ1) is 13.7. The van der Waals surface area contributed by atoms with Crippen molar-refractivity contribution in [2.45, 2.75) is 0 Å². The fourth-order valence-electron chi connectivity index (χ4n) is 1.42. The smallest absolute Gasteiger partial charge is 0.101 e. The number of hydrogen-bond acceptors (Lipinski definition) is 2. The Balaban J connectivity index is 2.26. The lowest BCUT2D eigenvalue weighted by Crippen LogP contribution is -1.91. The van der Waals surface area contributed by atoms with Gasteiger partial charge in [0, 0.05) is 19.4 Å². The molecular weight excluding hydrogens is 426 g/mol. The van der Waals surface area contributed by atoms with E-state index >= 15 is 0 Å². The topological polar surface area (TPSA) is 35.8 Å². The average Bonchev–Trinajstić information content (AvgIpc) is 2.34. The van der Waals surface area contributed by atoms with E-state index in [1.807, 2.05) is 30.3 Å². The summed E-state index contributed by atoms with van der Waals surface area (Å²) in [4.78, 5) is 0. The van der Waals surface area contributed by atoms with E-state index in [1.165, 1.54) is 0 Å². The zero-order valence-electron chi connectivity index (χ0n) is 9.05. The van der Waals surface area contributed by atoms with Gasteiger partial charge in [-0.3, -0.25) is 0 Å². The third-order valence-corrected chi connectivity index (χ3v) is 4.94. The van der Waals surface area contributed by atoms with Gasteiger partial charge in [-0.2, -0.15) is 5.26 Å². The summed E-state index contributed by atoms with van der Waals surface area (Å²) in [6.45, 7) is 0. The average molecular weight is 433 g/mol. The molecule has 0 bridgehead atoms. The van der Waals surface area contributed by atoms with Crippen LogP contribution in [-0.4, -0.2) is 0 Å². The van der Waals surface area contributed by atoms with Crippen molar-refractivity contribution in [1.29, 1.82) is 5.26 Å². The monoisotopic (exact) mass is 432 g/mol. The molecule has 0 radical (unpaired) electrons. The normalized spacial score (nSPS) is 9.89. The second-order valence-corrected chi connectivity index (χ2v) is 5.98. The van der Waals surface area contributed by atoms with Gasteiger partial charge in [-0.25, -0.2) is 0 Å². The van der Waals surface area contributed by atoms with Crippen molar-refractivity contribution in [3.8, 4) is 6.07 Å². The van der Waals surface area contributed by atoms with E-state index in [1.54, 1.807) is 12.1 Å². The van der Waals surface area contributed by atoms with Crippen LogP contribution >= 0.6 is 50.1 Å². The zero-order chi connectivity index (χ0) is 13.1. The molecule has 2 rings (SSSR count). The maximum atomic E-state index is 8.80. The van der Waals surface area contributed by atoms with Crippen molar-refractivity contribution in [1.82, 2.24) is 0 Å². The SMILES string of the molecule is N#Cc1ccc(Nc2ccc(Br)c(I)c2)cc1Cl. The lowest BCUT2D eigenvalue weighted by Gasteiger charge is -2.08. The molecule has 0 atom stereocenters. The van der Waals surface area contributed by atoms with Crippen LogP contribution < -0.4 is 5.32 Å². The minimum absolute atomic E-state index is 0.453. The van der Waals surface area contributed by atoms with E-state index < -0.39 is 0 Å². The Hall–Kier alpha value is -0.770. The van der Waals surface area contributed by atoms with Crippen LogP contribution in [0.15, 0.2) is 40.9 Å². The first-order chi connectivity index (χ1) is 8.60. The Labute approximate surface area is 132 Å². The molecule has 0 aliphatic heterocycles. The number of halogens is 3. The van der Waals surface area contributed by atoms with Gasteiger partial charge in [-0.15, -0.1) is 0 Å². The Kier molecular flexibility index (Phi) is 4.49. The van der Waals surface area contributed by atoms with Gasteiger partial charge in [0.15, 0.2) is 0 Å². The van der Waals surface area contributed by atoms with Gasteiger partial charge in [0.25, 0.3) is 0 Å². The number of benzene rings is 2.